The van der Waals surface area contributed by atoms with Crippen molar-refractivity contribution in [2.24, 2.45) is 0 Å². The van der Waals surface area contributed by atoms with Crippen molar-refractivity contribution in [1.29, 1.82) is 0 Å². The number of nitrogens with zero attached hydrogens (tertiary/aromatic N) is 2. The van der Waals surface area contributed by atoms with Gasteiger partial charge in [0.1, 0.15) is 0 Å². The van der Waals surface area contributed by atoms with E-state index in [9.17, 15) is 20.0 Å². The van der Waals surface area contributed by atoms with Crippen LogP contribution >= 0.6 is 0 Å². The number of aliphatic carboxylic acids is 1. The Morgan fingerprint density at radius 3 is 2.60 bits per heavy atom. The van der Waals surface area contributed by atoms with E-state index in [-0.39, 0.29) is 16.8 Å². The van der Waals surface area contributed by atoms with Gasteiger partial charge >= 0.3 is 5.97 Å². The minimum atomic E-state index is -1.23. The molecule has 0 aliphatic carbocycles. The average Bonchev–Trinajstić information content (AvgIpc) is 2.45. The third-order valence-corrected chi connectivity index (χ3v) is 2.62. The quantitative estimate of drug-likeness (QED) is 0.523. The van der Waals surface area contributed by atoms with Crippen molar-refractivity contribution in [2.75, 3.05) is 0 Å². The maximum atomic E-state index is 11.4. The molecule has 0 aliphatic rings. The van der Waals surface area contributed by atoms with E-state index < -0.39 is 10.9 Å². The fourth-order valence-electron chi connectivity index (χ4n) is 1.74. The number of hydrogen-bond donors (Lipinski definition) is 1. The molecule has 20 heavy (non-hydrogen) atoms. The summed E-state index contributed by atoms with van der Waals surface area (Å²) < 4.78 is 0. The number of carboxylic acid groups (broad SMARTS) is 1. The predicted octanol–water partition coefficient (Wildman–Crippen LogP) is 2.62. The molecule has 6 nitrogen and oxygen atoms in total. The van der Waals surface area contributed by atoms with Crippen molar-refractivity contribution >= 4 is 23.3 Å². The molecule has 0 radical (unpaired) electrons. The molecule has 0 amide bonds. The SMILES string of the molecule is O=C(O)C(=Cc1cccnc1)c1ccccc1[N+](=O)[O-]. The van der Waals surface area contributed by atoms with Gasteiger partial charge in [0.2, 0.25) is 0 Å². The highest BCUT2D eigenvalue weighted by molar-refractivity contribution is 6.21. The van der Waals surface area contributed by atoms with Crippen LogP contribution in [0.5, 0.6) is 0 Å². The Morgan fingerprint density at radius 1 is 1.25 bits per heavy atom. The summed E-state index contributed by atoms with van der Waals surface area (Å²) in [6.07, 6.45) is 4.40. The largest absolute Gasteiger partial charge is 0.478 e. The van der Waals surface area contributed by atoms with E-state index in [0.29, 0.717) is 5.56 Å². The van der Waals surface area contributed by atoms with Crippen molar-refractivity contribution < 1.29 is 14.8 Å². The fraction of sp³-hybridized carbons (Fsp3) is 0. The topological polar surface area (TPSA) is 93.3 Å². The molecular formula is C14H10N2O4. The van der Waals surface area contributed by atoms with E-state index in [1.165, 1.54) is 30.5 Å². The number of carboxylic acids is 1. The maximum Gasteiger partial charge on any atom is 0.336 e. The van der Waals surface area contributed by atoms with Crippen LogP contribution in [0.1, 0.15) is 11.1 Å². The van der Waals surface area contributed by atoms with Gasteiger partial charge in [0.25, 0.3) is 5.69 Å². The van der Waals surface area contributed by atoms with Crippen LogP contribution in [-0.4, -0.2) is 21.0 Å². The second-order valence-electron chi connectivity index (χ2n) is 3.92. The van der Waals surface area contributed by atoms with Gasteiger partial charge in [0.05, 0.1) is 16.1 Å². The molecule has 0 spiro atoms. The molecular weight excluding hydrogens is 260 g/mol. The van der Waals surface area contributed by atoms with Gasteiger partial charge in [-0.2, -0.15) is 0 Å². The van der Waals surface area contributed by atoms with E-state index in [0.717, 1.165) is 0 Å². The lowest BCUT2D eigenvalue weighted by molar-refractivity contribution is -0.385. The number of nitro groups is 1. The first kappa shape index (κ1) is 13.4. The number of carbonyl (C=O) groups is 1. The van der Waals surface area contributed by atoms with Crippen LogP contribution in [0, 0.1) is 10.1 Å². The Balaban J connectivity index is 2.59. The van der Waals surface area contributed by atoms with Crippen molar-refractivity contribution in [1.82, 2.24) is 4.98 Å². The number of para-hydroxylation sites is 1. The summed E-state index contributed by atoms with van der Waals surface area (Å²) in [4.78, 5) is 25.6. The number of aromatic nitrogens is 1. The van der Waals surface area contributed by atoms with E-state index >= 15 is 0 Å². The Labute approximate surface area is 114 Å². The summed E-state index contributed by atoms with van der Waals surface area (Å²) in [6.45, 7) is 0. The van der Waals surface area contributed by atoms with Gasteiger partial charge in [-0.1, -0.05) is 18.2 Å². The van der Waals surface area contributed by atoms with Crippen LogP contribution in [0.3, 0.4) is 0 Å². The summed E-state index contributed by atoms with van der Waals surface area (Å²) in [7, 11) is 0. The number of pyridine rings is 1. The normalized spacial score (nSPS) is 11.1. The van der Waals surface area contributed by atoms with Crippen LogP contribution in [-0.2, 0) is 4.79 Å². The minimum absolute atomic E-state index is 0.0638. The highest BCUT2D eigenvalue weighted by Crippen LogP contribution is 2.27. The molecule has 100 valence electrons. The molecule has 0 fully saturated rings. The second kappa shape index (κ2) is 5.75. The predicted molar refractivity (Wildman–Crippen MR) is 72.8 cm³/mol. The summed E-state index contributed by atoms with van der Waals surface area (Å²) >= 11 is 0. The van der Waals surface area contributed by atoms with Gasteiger partial charge in [-0.15, -0.1) is 0 Å². The summed E-state index contributed by atoms with van der Waals surface area (Å²) in [5.41, 5.74) is 0.229. The molecule has 1 aromatic carbocycles. The van der Waals surface area contributed by atoms with Crippen LogP contribution in [0.4, 0.5) is 5.69 Å². The molecule has 0 saturated heterocycles. The molecule has 2 aromatic rings. The molecule has 0 saturated carbocycles. The van der Waals surface area contributed by atoms with Gasteiger partial charge < -0.3 is 5.11 Å². The number of nitro benzene ring substituents is 1. The highest BCUT2D eigenvalue weighted by atomic mass is 16.6. The van der Waals surface area contributed by atoms with Gasteiger partial charge in [0, 0.05) is 18.5 Å². The number of rotatable bonds is 4. The Morgan fingerprint density at radius 2 is 2.00 bits per heavy atom. The van der Waals surface area contributed by atoms with Crippen LogP contribution < -0.4 is 0 Å². The third kappa shape index (κ3) is 2.86. The van der Waals surface area contributed by atoms with Gasteiger partial charge in [-0.05, 0) is 23.8 Å². The smallest absolute Gasteiger partial charge is 0.336 e. The highest BCUT2D eigenvalue weighted by Gasteiger charge is 2.20. The van der Waals surface area contributed by atoms with E-state index in [1.807, 2.05) is 0 Å². The molecule has 0 bridgehead atoms. The van der Waals surface area contributed by atoms with Crippen molar-refractivity contribution in [3.63, 3.8) is 0 Å². The lowest BCUT2D eigenvalue weighted by Crippen LogP contribution is -2.03. The first-order chi connectivity index (χ1) is 9.59. The molecule has 0 atom stereocenters. The van der Waals surface area contributed by atoms with Crippen LogP contribution in [0.2, 0.25) is 0 Å². The van der Waals surface area contributed by atoms with Crippen molar-refractivity contribution in [2.45, 2.75) is 0 Å². The Kier molecular flexibility index (Phi) is 3.85. The van der Waals surface area contributed by atoms with Crippen LogP contribution in [0.15, 0.2) is 48.8 Å². The van der Waals surface area contributed by atoms with Crippen molar-refractivity contribution in [3.05, 3.63) is 70.0 Å². The zero-order chi connectivity index (χ0) is 14.5. The number of benzene rings is 1. The van der Waals surface area contributed by atoms with Crippen LogP contribution in [0.25, 0.3) is 11.6 Å². The molecule has 1 heterocycles. The zero-order valence-electron chi connectivity index (χ0n) is 10.3. The Bertz CT molecular complexity index is 681. The molecule has 6 heteroatoms. The van der Waals surface area contributed by atoms with Gasteiger partial charge in [0.15, 0.2) is 0 Å². The molecule has 0 unspecified atom stereocenters. The maximum absolute atomic E-state index is 11.4. The second-order valence-corrected chi connectivity index (χ2v) is 3.92. The minimum Gasteiger partial charge on any atom is -0.478 e. The molecule has 1 aromatic heterocycles. The van der Waals surface area contributed by atoms with E-state index in [2.05, 4.69) is 4.98 Å². The molecule has 1 N–H and O–H groups in total. The lowest BCUT2D eigenvalue weighted by atomic mass is 10.0. The van der Waals surface area contributed by atoms with E-state index in [4.69, 9.17) is 0 Å². The molecule has 0 aliphatic heterocycles. The fourth-order valence-corrected chi connectivity index (χ4v) is 1.74. The third-order valence-electron chi connectivity index (χ3n) is 2.62. The lowest BCUT2D eigenvalue weighted by Gasteiger charge is -2.04. The summed E-state index contributed by atoms with van der Waals surface area (Å²) in [6, 6.07) is 9.06. The summed E-state index contributed by atoms with van der Waals surface area (Å²) in [5.74, 6) is -1.23. The van der Waals surface area contributed by atoms with Crippen molar-refractivity contribution in [3.8, 4) is 0 Å². The standard InChI is InChI=1S/C14H10N2O4/c17-14(18)12(8-10-4-3-7-15-9-10)11-5-1-2-6-13(11)16(19)20/h1-9H,(H,17,18). The first-order valence-electron chi connectivity index (χ1n) is 5.68. The first-order valence-corrected chi connectivity index (χ1v) is 5.68. The number of hydrogen-bond acceptors (Lipinski definition) is 4. The monoisotopic (exact) mass is 270 g/mol. The average molecular weight is 270 g/mol. The van der Waals surface area contributed by atoms with Gasteiger partial charge in [-0.25, -0.2) is 4.79 Å². The molecule has 2 rings (SSSR count). The van der Waals surface area contributed by atoms with Gasteiger partial charge in [-0.3, -0.25) is 15.1 Å². The Hall–Kier alpha value is -3.02. The summed E-state index contributed by atoms with van der Waals surface area (Å²) in [5, 5.41) is 20.3. The van der Waals surface area contributed by atoms with E-state index in [1.54, 1.807) is 24.4 Å². The zero-order valence-corrected chi connectivity index (χ0v) is 10.3.